The molecule has 1 aromatic carbocycles. The maximum Gasteiger partial charge on any atom is 0.243 e. The van der Waals surface area contributed by atoms with Crippen LogP contribution in [0, 0.1) is 17.6 Å². The minimum absolute atomic E-state index is 0.0157. The molecule has 0 aliphatic heterocycles. The molecule has 4 N–H and O–H groups in total. The fourth-order valence-electron chi connectivity index (χ4n) is 1.61. The van der Waals surface area contributed by atoms with E-state index in [1.807, 2.05) is 6.92 Å². The molecule has 5 nitrogen and oxygen atoms in total. The Balaban J connectivity index is 2.75. The van der Waals surface area contributed by atoms with Crippen molar-refractivity contribution >= 4 is 15.7 Å². The summed E-state index contributed by atoms with van der Waals surface area (Å²) in [6.45, 7) is 1.91. The Bertz CT molecular complexity index is 564. The van der Waals surface area contributed by atoms with Crippen LogP contribution in [0.1, 0.15) is 19.8 Å². The second-order valence-electron chi connectivity index (χ2n) is 4.64. The van der Waals surface area contributed by atoms with E-state index < -0.39 is 26.6 Å². The first-order valence-electron chi connectivity index (χ1n) is 6.13. The van der Waals surface area contributed by atoms with Gasteiger partial charge in [-0.1, -0.05) is 6.92 Å². The lowest BCUT2D eigenvalue weighted by Gasteiger charge is -2.10. The highest BCUT2D eigenvalue weighted by molar-refractivity contribution is 7.89. The van der Waals surface area contributed by atoms with E-state index in [4.69, 9.17) is 10.8 Å². The number of nitrogens with one attached hydrogen (secondary N) is 1. The predicted molar refractivity (Wildman–Crippen MR) is 71.4 cm³/mol. The second kappa shape index (κ2) is 6.96. The van der Waals surface area contributed by atoms with E-state index in [9.17, 15) is 17.2 Å². The third kappa shape index (κ3) is 4.39. The number of halogens is 2. The van der Waals surface area contributed by atoms with Crippen molar-refractivity contribution in [2.75, 3.05) is 18.9 Å². The van der Waals surface area contributed by atoms with Crippen LogP contribution < -0.4 is 10.5 Å². The monoisotopic (exact) mass is 308 g/mol. The predicted octanol–water partition coefficient (Wildman–Crippen LogP) is 1.23. The smallest absolute Gasteiger partial charge is 0.243 e. The molecule has 1 atom stereocenters. The van der Waals surface area contributed by atoms with Crippen molar-refractivity contribution in [3.05, 3.63) is 23.8 Å². The van der Waals surface area contributed by atoms with Crippen molar-refractivity contribution in [3.8, 4) is 0 Å². The molecule has 0 saturated heterocycles. The number of sulfonamides is 1. The first-order chi connectivity index (χ1) is 9.27. The van der Waals surface area contributed by atoms with Gasteiger partial charge in [0.05, 0.1) is 0 Å². The third-order valence-corrected chi connectivity index (χ3v) is 4.24. The van der Waals surface area contributed by atoms with Crippen LogP contribution in [-0.4, -0.2) is 26.7 Å². The minimum Gasteiger partial charge on any atom is -0.399 e. The van der Waals surface area contributed by atoms with Gasteiger partial charge in [-0.25, -0.2) is 21.9 Å². The zero-order valence-electron chi connectivity index (χ0n) is 11.1. The SMILES string of the molecule is CC(CO)CCCNS(=O)(=O)c1cc(N)cc(F)c1F. The summed E-state index contributed by atoms with van der Waals surface area (Å²) in [6, 6.07) is 1.59. The number of hydrogen-bond donors (Lipinski definition) is 3. The maximum absolute atomic E-state index is 13.5. The molecule has 20 heavy (non-hydrogen) atoms. The van der Waals surface area contributed by atoms with Crippen molar-refractivity contribution < 1.29 is 22.3 Å². The molecule has 0 amide bonds. The van der Waals surface area contributed by atoms with Crippen LogP contribution in [0.15, 0.2) is 17.0 Å². The largest absolute Gasteiger partial charge is 0.399 e. The van der Waals surface area contributed by atoms with E-state index in [1.54, 1.807) is 0 Å². The number of rotatable bonds is 7. The summed E-state index contributed by atoms with van der Waals surface area (Å²) in [5, 5.41) is 8.83. The Morgan fingerprint density at radius 3 is 2.65 bits per heavy atom. The van der Waals surface area contributed by atoms with E-state index >= 15 is 0 Å². The van der Waals surface area contributed by atoms with Crippen molar-refractivity contribution in [3.63, 3.8) is 0 Å². The fourth-order valence-corrected chi connectivity index (χ4v) is 2.80. The molecule has 0 aliphatic carbocycles. The molecule has 1 unspecified atom stereocenters. The van der Waals surface area contributed by atoms with Crippen LogP contribution in [0.5, 0.6) is 0 Å². The first kappa shape index (κ1) is 16.8. The van der Waals surface area contributed by atoms with Crippen molar-refractivity contribution in [1.29, 1.82) is 0 Å². The fraction of sp³-hybridized carbons (Fsp3) is 0.500. The van der Waals surface area contributed by atoms with Crippen LogP contribution in [0.25, 0.3) is 0 Å². The summed E-state index contributed by atoms with van der Waals surface area (Å²) in [5.74, 6) is -2.70. The van der Waals surface area contributed by atoms with Gasteiger partial charge in [0, 0.05) is 18.8 Å². The number of nitrogens with two attached hydrogens (primary N) is 1. The highest BCUT2D eigenvalue weighted by Gasteiger charge is 2.22. The summed E-state index contributed by atoms with van der Waals surface area (Å²) in [6.07, 6.45) is 1.10. The summed E-state index contributed by atoms with van der Waals surface area (Å²) in [4.78, 5) is -0.801. The van der Waals surface area contributed by atoms with E-state index in [1.165, 1.54) is 0 Å². The van der Waals surface area contributed by atoms with Gasteiger partial charge < -0.3 is 10.8 Å². The Hall–Kier alpha value is -1.25. The summed E-state index contributed by atoms with van der Waals surface area (Å²) in [5.41, 5.74) is 5.14. The van der Waals surface area contributed by atoms with Gasteiger partial charge >= 0.3 is 0 Å². The highest BCUT2D eigenvalue weighted by atomic mass is 32.2. The summed E-state index contributed by atoms with van der Waals surface area (Å²) >= 11 is 0. The van der Waals surface area contributed by atoms with Gasteiger partial charge in [-0.2, -0.15) is 0 Å². The Morgan fingerprint density at radius 1 is 1.40 bits per heavy atom. The normalized spacial score (nSPS) is 13.4. The molecule has 0 radical (unpaired) electrons. The molecule has 0 fully saturated rings. The van der Waals surface area contributed by atoms with Gasteiger partial charge in [0.2, 0.25) is 10.0 Å². The lowest BCUT2D eigenvalue weighted by molar-refractivity contribution is 0.228. The van der Waals surface area contributed by atoms with Gasteiger partial charge in [-0.05, 0) is 30.9 Å². The molecule has 114 valence electrons. The number of benzene rings is 1. The number of nitrogen functional groups attached to an aromatic ring is 1. The van der Waals surface area contributed by atoms with Crippen molar-refractivity contribution in [1.82, 2.24) is 4.72 Å². The zero-order chi connectivity index (χ0) is 15.3. The average molecular weight is 308 g/mol. The molecule has 1 aromatic rings. The summed E-state index contributed by atoms with van der Waals surface area (Å²) in [7, 11) is -4.15. The van der Waals surface area contributed by atoms with Crippen LogP contribution in [0.2, 0.25) is 0 Å². The quantitative estimate of drug-likeness (QED) is 0.522. The van der Waals surface area contributed by atoms with Crippen LogP contribution in [-0.2, 0) is 10.0 Å². The third-order valence-electron chi connectivity index (χ3n) is 2.78. The lowest BCUT2D eigenvalue weighted by Crippen LogP contribution is -2.26. The second-order valence-corrected chi connectivity index (χ2v) is 6.38. The molecule has 0 aromatic heterocycles. The molecule has 0 aliphatic rings. The first-order valence-corrected chi connectivity index (χ1v) is 7.61. The van der Waals surface area contributed by atoms with Gasteiger partial charge in [0.1, 0.15) is 4.90 Å². The minimum atomic E-state index is -4.15. The Kier molecular flexibility index (Phi) is 5.85. The molecule has 0 saturated carbocycles. The highest BCUT2D eigenvalue weighted by Crippen LogP contribution is 2.20. The van der Waals surface area contributed by atoms with E-state index in [-0.39, 0.29) is 24.8 Å². The van der Waals surface area contributed by atoms with Gasteiger partial charge in [-0.3, -0.25) is 0 Å². The Labute approximate surface area is 116 Å². The molecule has 1 rings (SSSR count). The van der Waals surface area contributed by atoms with E-state index in [0.29, 0.717) is 12.8 Å². The molecular weight excluding hydrogens is 290 g/mol. The topological polar surface area (TPSA) is 92.4 Å². The van der Waals surface area contributed by atoms with Crippen LogP contribution in [0.3, 0.4) is 0 Å². The van der Waals surface area contributed by atoms with Crippen molar-refractivity contribution in [2.45, 2.75) is 24.7 Å². The molecule has 0 bridgehead atoms. The number of aliphatic hydroxyl groups is 1. The number of hydrogen-bond acceptors (Lipinski definition) is 4. The van der Waals surface area contributed by atoms with Crippen molar-refractivity contribution in [2.24, 2.45) is 5.92 Å². The standard InChI is InChI=1S/C12H18F2N2O3S/c1-8(7-17)3-2-4-16-20(18,19)11-6-9(15)5-10(13)12(11)14/h5-6,8,16-17H,2-4,7,15H2,1H3. The van der Waals surface area contributed by atoms with Gasteiger partial charge in [0.15, 0.2) is 11.6 Å². The molecule has 8 heteroatoms. The van der Waals surface area contributed by atoms with E-state index in [2.05, 4.69) is 4.72 Å². The lowest BCUT2D eigenvalue weighted by atomic mass is 10.1. The average Bonchev–Trinajstić information content (AvgIpc) is 2.38. The maximum atomic E-state index is 13.5. The molecule has 0 heterocycles. The van der Waals surface area contributed by atoms with Gasteiger partial charge in [-0.15, -0.1) is 0 Å². The van der Waals surface area contributed by atoms with Crippen LogP contribution >= 0.6 is 0 Å². The van der Waals surface area contributed by atoms with Gasteiger partial charge in [0.25, 0.3) is 0 Å². The number of anilines is 1. The van der Waals surface area contributed by atoms with Crippen LogP contribution in [0.4, 0.5) is 14.5 Å². The molecular formula is C12H18F2N2O3S. The Morgan fingerprint density at radius 2 is 2.05 bits per heavy atom. The summed E-state index contributed by atoms with van der Waals surface area (Å²) < 4.78 is 52.5. The van der Waals surface area contributed by atoms with E-state index in [0.717, 1.165) is 12.1 Å². The number of aliphatic hydroxyl groups excluding tert-OH is 1. The molecule has 0 spiro atoms. The zero-order valence-corrected chi connectivity index (χ0v) is 11.9.